The quantitative estimate of drug-likeness (QED) is 0.497. The molecule has 0 saturated carbocycles. The molecular weight excluding hydrogens is 226 g/mol. The van der Waals surface area contributed by atoms with Gasteiger partial charge in [0.25, 0.3) is 0 Å². The van der Waals surface area contributed by atoms with Crippen molar-refractivity contribution in [1.29, 1.82) is 0 Å². The van der Waals surface area contributed by atoms with E-state index in [0.717, 1.165) is 11.3 Å². The van der Waals surface area contributed by atoms with E-state index < -0.39 is 0 Å². The first-order chi connectivity index (χ1) is 8.54. The fourth-order valence-corrected chi connectivity index (χ4v) is 1.92. The molecule has 2 rings (SSSR count). The maximum atomic E-state index is 11.5. The number of rotatable bonds is 2. The summed E-state index contributed by atoms with van der Waals surface area (Å²) in [5.41, 5.74) is 8.52. The van der Waals surface area contributed by atoms with Crippen molar-refractivity contribution in [2.45, 2.75) is 6.92 Å². The predicted octanol–water partition coefficient (Wildman–Crippen LogP) is 3.03. The SMILES string of the molecule is [C-]#[N+]c1ccc(-c2ccc(N)c(C(C)=O)c2)n1C. The minimum Gasteiger partial charge on any atom is -0.398 e. The van der Waals surface area contributed by atoms with Gasteiger partial charge in [0.15, 0.2) is 5.78 Å². The smallest absolute Gasteiger partial charge is 0.230 e. The van der Waals surface area contributed by atoms with Gasteiger partial charge in [-0.25, -0.2) is 0 Å². The largest absolute Gasteiger partial charge is 0.398 e. The Morgan fingerprint density at radius 3 is 2.61 bits per heavy atom. The summed E-state index contributed by atoms with van der Waals surface area (Å²) in [4.78, 5) is 14.9. The molecule has 0 atom stereocenters. The fourth-order valence-electron chi connectivity index (χ4n) is 1.92. The Hall–Kier alpha value is -2.54. The highest BCUT2D eigenvalue weighted by atomic mass is 16.1. The minimum atomic E-state index is -0.0611. The molecule has 0 saturated heterocycles. The van der Waals surface area contributed by atoms with Gasteiger partial charge in [-0.15, -0.1) is 0 Å². The fraction of sp³-hybridized carbons (Fsp3) is 0.143. The van der Waals surface area contributed by atoms with E-state index in [-0.39, 0.29) is 5.78 Å². The van der Waals surface area contributed by atoms with Crippen LogP contribution in [0.2, 0.25) is 0 Å². The molecule has 0 fully saturated rings. The molecule has 1 aromatic heterocycles. The lowest BCUT2D eigenvalue weighted by molar-refractivity contribution is 0.101. The Balaban J connectivity index is 2.58. The molecule has 0 amide bonds. The molecule has 1 heterocycles. The Morgan fingerprint density at radius 2 is 2.06 bits per heavy atom. The number of nitrogen functional groups attached to an aromatic ring is 1. The van der Waals surface area contributed by atoms with Gasteiger partial charge in [0, 0.05) is 16.8 Å². The second-order valence-corrected chi connectivity index (χ2v) is 4.11. The summed E-state index contributed by atoms with van der Waals surface area (Å²) in [5, 5.41) is 0. The summed E-state index contributed by atoms with van der Waals surface area (Å²) >= 11 is 0. The summed E-state index contributed by atoms with van der Waals surface area (Å²) in [6.45, 7) is 8.53. The molecule has 1 aromatic carbocycles. The Labute approximate surface area is 105 Å². The van der Waals surface area contributed by atoms with Gasteiger partial charge in [-0.1, -0.05) is 6.57 Å². The van der Waals surface area contributed by atoms with Crippen LogP contribution in [0.1, 0.15) is 17.3 Å². The van der Waals surface area contributed by atoms with Crippen molar-refractivity contribution in [3.05, 3.63) is 47.3 Å². The zero-order chi connectivity index (χ0) is 13.3. The highest BCUT2D eigenvalue weighted by Crippen LogP contribution is 2.28. The molecule has 0 radical (unpaired) electrons. The lowest BCUT2D eigenvalue weighted by Crippen LogP contribution is -2.00. The summed E-state index contributed by atoms with van der Waals surface area (Å²) in [7, 11) is 1.83. The third-order valence-corrected chi connectivity index (χ3v) is 2.94. The van der Waals surface area contributed by atoms with Gasteiger partial charge in [-0.2, -0.15) is 0 Å². The third-order valence-electron chi connectivity index (χ3n) is 2.94. The van der Waals surface area contributed by atoms with Gasteiger partial charge >= 0.3 is 0 Å². The van der Waals surface area contributed by atoms with E-state index in [4.69, 9.17) is 12.3 Å². The summed E-state index contributed by atoms with van der Waals surface area (Å²) in [5.74, 6) is 0.500. The van der Waals surface area contributed by atoms with Crippen LogP contribution in [0.25, 0.3) is 16.1 Å². The van der Waals surface area contributed by atoms with Crippen LogP contribution in [0.15, 0.2) is 30.3 Å². The first-order valence-electron chi connectivity index (χ1n) is 5.48. The monoisotopic (exact) mass is 239 g/mol. The third kappa shape index (κ3) is 1.87. The van der Waals surface area contributed by atoms with E-state index >= 15 is 0 Å². The summed E-state index contributed by atoms with van der Waals surface area (Å²) in [6, 6.07) is 8.96. The van der Waals surface area contributed by atoms with Crippen molar-refractivity contribution in [2.24, 2.45) is 7.05 Å². The zero-order valence-corrected chi connectivity index (χ0v) is 10.3. The molecule has 0 aliphatic heterocycles. The van der Waals surface area contributed by atoms with Gasteiger partial charge < -0.3 is 10.6 Å². The van der Waals surface area contributed by atoms with Gasteiger partial charge in [0.05, 0.1) is 7.05 Å². The lowest BCUT2D eigenvalue weighted by atomic mass is 10.0. The van der Waals surface area contributed by atoms with Gasteiger partial charge in [0.2, 0.25) is 5.82 Å². The standard InChI is InChI=1S/C14H13N3O/c1-9(18)11-8-10(4-5-12(11)15)13-6-7-14(16-2)17(13)3/h4-8H,15H2,1,3H3. The molecule has 2 aromatic rings. The van der Waals surface area contributed by atoms with Crippen molar-refractivity contribution in [3.8, 4) is 11.3 Å². The van der Waals surface area contributed by atoms with Crippen LogP contribution in [0.4, 0.5) is 11.5 Å². The number of benzene rings is 1. The molecule has 2 N–H and O–H groups in total. The average molecular weight is 239 g/mol. The minimum absolute atomic E-state index is 0.0611. The number of nitrogens with zero attached hydrogens (tertiary/aromatic N) is 2. The average Bonchev–Trinajstić information content (AvgIpc) is 2.71. The number of carbonyl (C=O) groups excluding carboxylic acids is 1. The molecular formula is C14H13N3O. The number of aromatic nitrogens is 1. The van der Waals surface area contributed by atoms with Crippen LogP contribution in [0, 0.1) is 6.57 Å². The van der Waals surface area contributed by atoms with Crippen molar-refractivity contribution < 1.29 is 4.79 Å². The molecule has 0 spiro atoms. The predicted molar refractivity (Wildman–Crippen MR) is 71.5 cm³/mol. The Bertz CT molecular complexity index is 662. The molecule has 0 bridgehead atoms. The lowest BCUT2D eigenvalue weighted by Gasteiger charge is -2.06. The van der Waals surface area contributed by atoms with Crippen LogP contribution in [-0.2, 0) is 7.05 Å². The van der Waals surface area contributed by atoms with E-state index in [2.05, 4.69) is 4.85 Å². The van der Waals surface area contributed by atoms with E-state index in [1.807, 2.05) is 19.2 Å². The maximum Gasteiger partial charge on any atom is 0.230 e. The van der Waals surface area contributed by atoms with Crippen LogP contribution in [0.3, 0.4) is 0 Å². The van der Waals surface area contributed by atoms with E-state index in [9.17, 15) is 4.79 Å². The summed E-state index contributed by atoms with van der Waals surface area (Å²) < 4.78 is 1.79. The number of ketones is 1. The second kappa shape index (κ2) is 4.38. The van der Waals surface area contributed by atoms with Crippen LogP contribution >= 0.6 is 0 Å². The van der Waals surface area contributed by atoms with Crippen molar-refractivity contribution in [2.75, 3.05) is 5.73 Å². The Kier molecular flexibility index (Phi) is 2.90. The maximum absolute atomic E-state index is 11.5. The van der Waals surface area contributed by atoms with Crippen LogP contribution in [-0.4, -0.2) is 10.4 Å². The second-order valence-electron chi connectivity index (χ2n) is 4.11. The highest BCUT2D eigenvalue weighted by Gasteiger charge is 2.12. The number of Topliss-reactive ketones (excluding diaryl/α,β-unsaturated/α-hetero) is 1. The summed E-state index contributed by atoms with van der Waals surface area (Å²) in [6.07, 6.45) is 0. The van der Waals surface area contributed by atoms with Gasteiger partial charge in [0.1, 0.15) is 5.69 Å². The molecule has 4 heteroatoms. The van der Waals surface area contributed by atoms with Crippen LogP contribution in [0.5, 0.6) is 0 Å². The number of hydrogen-bond acceptors (Lipinski definition) is 2. The number of hydrogen-bond donors (Lipinski definition) is 1. The number of anilines is 1. The molecule has 4 nitrogen and oxygen atoms in total. The highest BCUT2D eigenvalue weighted by molar-refractivity contribution is 6.00. The Morgan fingerprint density at radius 1 is 1.33 bits per heavy atom. The first kappa shape index (κ1) is 11.9. The van der Waals surface area contributed by atoms with Crippen molar-refractivity contribution in [3.63, 3.8) is 0 Å². The molecule has 18 heavy (non-hydrogen) atoms. The van der Waals surface area contributed by atoms with Gasteiger partial charge in [-0.3, -0.25) is 9.36 Å². The van der Waals surface area contributed by atoms with Gasteiger partial charge in [-0.05, 0) is 37.3 Å². The number of carbonyl (C=O) groups is 1. The molecule has 90 valence electrons. The van der Waals surface area contributed by atoms with Crippen molar-refractivity contribution >= 4 is 17.3 Å². The molecule has 0 aliphatic rings. The van der Waals surface area contributed by atoms with E-state index in [1.54, 1.807) is 22.8 Å². The normalized spacial score (nSPS) is 10.1. The van der Waals surface area contributed by atoms with Crippen LogP contribution < -0.4 is 5.73 Å². The van der Waals surface area contributed by atoms with E-state index in [0.29, 0.717) is 17.1 Å². The topological polar surface area (TPSA) is 52.4 Å². The first-order valence-corrected chi connectivity index (χ1v) is 5.48. The number of nitrogens with two attached hydrogens (primary N) is 1. The van der Waals surface area contributed by atoms with E-state index in [1.165, 1.54) is 6.92 Å². The zero-order valence-electron chi connectivity index (χ0n) is 10.3. The molecule has 0 unspecified atom stereocenters. The van der Waals surface area contributed by atoms with Crippen molar-refractivity contribution in [1.82, 2.24) is 4.57 Å². The molecule has 0 aliphatic carbocycles.